The minimum Gasteiger partial charge on any atom is -0.374 e. The number of likely N-dealkylation sites (tertiary alicyclic amines) is 1. The molecule has 4 unspecified atom stereocenters. The Hall–Kier alpha value is -0.240. The van der Waals surface area contributed by atoms with Crippen LogP contribution in [0.2, 0.25) is 10.0 Å². The number of nitrogens with zero attached hydrogens (tertiary/aromatic N) is 2. The van der Waals surface area contributed by atoms with Gasteiger partial charge in [0.05, 0.1) is 12.2 Å². The lowest BCUT2D eigenvalue weighted by Crippen LogP contribution is -2.42. The summed E-state index contributed by atoms with van der Waals surface area (Å²) >= 11 is 12.2. The highest BCUT2D eigenvalue weighted by Gasteiger charge is 2.53. The highest BCUT2D eigenvalue weighted by atomic mass is 127. The molecule has 138 valence electrons. The van der Waals surface area contributed by atoms with Crippen LogP contribution in [0.3, 0.4) is 0 Å². The molecule has 1 N–H and O–H groups in total. The number of hydrogen-bond donors (Lipinski definition) is 1. The van der Waals surface area contributed by atoms with Crippen LogP contribution >= 0.6 is 47.2 Å². The Balaban J connectivity index is 0.00000182. The highest BCUT2D eigenvalue weighted by molar-refractivity contribution is 14.0. The van der Waals surface area contributed by atoms with Gasteiger partial charge in [0.15, 0.2) is 5.96 Å². The second-order valence-electron chi connectivity index (χ2n) is 6.98. The van der Waals surface area contributed by atoms with Crippen molar-refractivity contribution in [2.45, 2.75) is 31.5 Å². The Kier molecular flexibility index (Phi) is 6.40. The number of aliphatic imine (C=N–C) groups is 1. The molecule has 4 nitrogen and oxygen atoms in total. The van der Waals surface area contributed by atoms with Crippen molar-refractivity contribution in [2.75, 3.05) is 26.7 Å². The molecule has 0 aromatic heterocycles. The van der Waals surface area contributed by atoms with E-state index in [1.54, 1.807) is 6.07 Å². The second-order valence-corrected chi connectivity index (χ2v) is 7.83. The molecule has 0 aliphatic carbocycles. The molecule has 3 saturated heterocycles. The van der Waals surface area contributed by atoms with Gasteiger partial charge in [-0.05, 0) is 37.0 Å². The summed E-state index contributed by atoms with van der Waals surface area (Å²) < 4.78 is 6.05. The summed E-state index contributed by atoms with van der Waals surface area (Å²) in [5.74, 6) is 2.37. The van der Waals surface area contributed by atoms with Gasteiger partial charge in [0, 0.05) is 48.6 Å². The molecule has 0 radical (unpaired) electrons. The molecule has 3 fully saturated rings. The van der Waals surface area contributed by atoms with Crippen molar-refractivity contribution in [1.29, 1.82) is 0 Å². The molecule has 3 aliphatic heterocycles. The van der Waals surface area contributed by atoms with Gasteiger partial charge in [0.25, 0.3) is 0 Å². The van der Waals surface area contributed by atoms with Crippen molar-refractivity contribution in [3.05, 3.63) is 33.8 Å². The van der Waals surface area contributed by atoms with E-state index in [9.17, 15) is 0 Å². The topological polar surface area (TPSA) is 36.9 Å². The summed E-state index contributed by atoms with van der Waals surface area (Å²) in [5, 5.41) is 4.88. The van der Waals surface area contributed by atoms with E-state index in [0.717, 1.165) is 42.6 Å². The maximum absolute atomic E-state index is 6.24. The highest BCUT2D eigenvalue weighted by Crippen LogP contribution is 2.47. The van der Waals surface area contributed by atoms with Crippen molar-refractivity contribution in [3.8, 4) is 0 Å². The van der Waals surface area contributed by atoms with E-state index in [1.807, 2.05) is 19.2 Å². The molecule has 2 bridgehead atoms. The van der Waals surface area contributed by atoms with E-state index in [4.69, 9.17) is 27.9 Å². The lowest BCUT2D eigenvalue weighted by Gasteiger charge is -2.23. The van der Waals surface area contributed by atoms with Gasteiger partial charge >= 0.3 is 0 Å². The SMILES string of the molecule is CN=C(NCCc1ccc(Cl)cc1Cl)N1CC2C3CCC(O3)C2C1.I. The van der Waals surface area contributed by atoms with Gasteiger partial charge in [-0.1, -0.05) is 29.3 Å². The van der Waals surface area contributed by atoms with Gasteiger partial charge in [0.1, 0.15) is 0 Å². The van der Waals surface area contributed by atoms with E-state index < -0.39 is 0 Å². The van der Waals surface area contributed by atoms with Crippen LogP contribution in [0, 0.1) is 11.8 Å². The number of benzene rings is 1. The van der Waals surface area contributed by atoms with Crippen LogP contribution in [-0.4, -0.2) is 49.7 Å². The fraction of sp³-hybridized carbons (Fsp3) is 0.611. The molecular formula is C18H24Cl2IN3O. The standard InChI is InChI=1S/C18H23Cl2N3O.HI/c1-21-18(22-7-6-11-2-3-12(19)8-15(11)20)23-9-13-14(10-23)17-5-4-16(13)24-17;/h2-3,8,13-14,16-17H,4-7,9-10H2,1H3,(H,21,22);1H. The molecular weight excluding hydrogens is 472 g/mol. The zero-order chi connectivity index (χ0) is 16.7. The molecule has 4 atom stereocenters. The average Bonchev–Trinajstić information content (AvgIpc) is 3.26. The van der Waals surface area contributed by atoms with Crippen LogP contribution in [0.4, 0.5) is 0 Å². The maximum atomic E-state index is 6.24. The first-order valence-corrected chi connectivity index (χ1v) is 9.46. The summed E-state index contributed by atoms with van der Waals surface area (Å²) in [6.45, 7) is 2.93. The van der Waals surface area contributed by atoms with Crippen molar-refractivity contribution >= 4 is 53.1 Å². The molecule has 3 aliphatic rings. The van der Waals surface area contributed by atoms with Crippen LogP contribution in [0.15, 0.2) is 23.2 Å². The van der Waals surface area contributed by atoms with Gasteiger partial charge in [-0.15, -0.1) is 24.0 Å². The number of rotatable bonds is 3. The zero-order valence-electron chi connectivity index (χ0n) is 14.3. The van der Waals surface area contributed by atoms with Crippen molar-refractivity contribution in [1.82, 2.24) is 10.2 Å². The summed E-state index contributed by atoms with van der Waals surface area (Å²) in [6.07, 6.45) is 4.29. The molecule has 4 rings (SSSR count). The number of fused-ring (bicyclic) bond motifs is 5. The lowest BCUT2D eigenvalue weighted by molar-refractivity contribution is 0.0767. The fourth-order valence-corrected chi connectivity index (χ4v) is 5.00. The van der Waals surface area contributed by atoms with E-state index in [1.165, 1.54) is 12.8 Å². The number of ether oxygens (including phenoxy) is 1. The summed E-state index contributed by atoms with van der Waals surface area (Å²) in [5.41, 5.74) is 1.11. The third kappa shape index (κ3) is 3.89. The Morgan fingerprint density at radius 1 is 1.24 bits per heavy atom. The van der Waals surface area contributed by atoms with Crippen molar-refractivity contribution in [3.63, 3.8) is 0 Å². The number of guanidine groups is 1. The third-order valence-electron chi connectivity index (χ3n) is 5.66. The van der Waals surface area contributed by atoms with Crippen molar-refractivity contribution in [2.24, 2.45) is 16.8 Å². The predicted molar refractivity (Wildman–Crippen MR) is 113 cm³/mol. The Bertz CT molecular complexity index is 639. The first kappa shape index (κ1) is 19.5. The molecule has 1 aromatic rings. The maximum Gasteiger partial charge on any atom is 0.193 e. The normalized spacial score (nSPS) is 30.4. The first-order valence-electron chi connectivity index (χ1n) is 8.70. The minimum absolute atomic E-state index is 0. The fourth-order valence-electron chi connectivity index (χ4n) is 4.50. The molecule has 25 heavy (non-hydrogen) atoms. The largest absolute Gasteiger partial charge is 0.374 e. The molecule has 7 heteroatoms. The Morgan fingerprint density at radius 2 is 1.92 bits per heavy atom. The number of halogens is 3. The van der Waals surface area contributed by atoms with E-state index >= 15 is 0 Å². The number of hydrogen-bond acceptors (Lipinski definition) is 2. The molecule has 0 saturated carbocycles. The van der Waals surface area contributed by atoms with Gasteiger partial charge in [0.2, 0.25) is 0 Å². The minimum atomic E-state index is 0. The second kappa shape index (κ2) is 8.19. The smallest absolute Gasteiger partial charge is 0.193 e. The lowest BCUT2D eigenvalue weighted by atomic mass is 9.82. The van der Waals surface area contributed by atoms with Crippen LogP contribution in [0.25, 0.3) is 0 Å². The monoisotopic (exact) mass is 495 g/mol. The van der Waals surface area contributed by atoms with E-state index in [-0.39, 0.29) is 24.0 Å². The third-order valence-corrected chi connectivity index (χ3v) is 6.24. The van der Waals surface area contributed by atoms with E-state index in [2.05, 4.69) is 15.2 Å². The molecule has 0 amide bonds. The van der Waals surface area contributed by atoms with Gasteiger partial charge in [-0.3, -0.25) is 4.99 Å². The summed E-state index contributed by atoms with van der Waals surface area (Å²) in [6, 6.07) is 5.67. The van der Waals surface area contributed by atoms with Crippen LogP contribution in [-0.2, 0) is 11.2 Å². The zero-order valence-corrected chi connectivity index (χ0v) is 18.1. The first-order chi connectivity index (χ1) is 11.7. The van der Waals surface area contributed by atoms with Gasteiger partial charge in [-0.2, -0.15) is 0 Å². The number of nitrogens with one attached hydrogen (secondary N) is 1. The van der Waals surface area contributed by atoms with Crippen LogP contribution in [0.5, 0.6) is 0 Å². The molecule has 1 aromatic carbocycles. The van der Waals surface area contributed by atoms with Crippen LogP contribution in [0.1, 0.15) is 18.4 Å². The molecule has 3 heterocycles. The Labute approximate surface area is 176 Å². The predicted octanol–water partition coefficient (Wildman–Crippen LogP) is 3.84. The van der Waals surface area contributed by atoms with Gasteiger partial charge < -0.3 is 15.0 Å². The summed E-state index contributed by atoms with van der Waals surface area (Å²) in [7, 11) is 1.86. The van der Waals surface area contributed by atoms with Gasteiger partial charge in [-0.25, -0.2) is 0 Å². The quantitative estimate of drug-likeness (QED) is 0.393. The molecule has 0 spiro atoms. The Morgan fingerprint density at radius 3 is 2.52 bits per heavy atom. The average molecular weight is 496 g/mol. The summed E-state index contributed by atoms with van der Waals surface area (Å²) in [4.78, 5) is 6.87. The van der Waals surface area contributed by atoms with Crippen LogP contribution < -0.4 is 5.32 Å². The van der Waals surface area contributed by atoms with Crippen molar-refractivity contribution < 1.29 is 4.74 Å². The van der Waals surface area contributed by atoms with E-state index in [0.29, 0.717) is 29.1 Å².